The molecular formula is C12H20N2O2. The van der Waals surface area contributed by atoms with Gasteiger partial charge in [0, 0.05) is 19.4 Å². The Bertz CT molecular complexity index is 334. The van der Waals surface area contributed by atoms with E-state index < -0.39 is 0 Å². The smallest absolute Gasteiger partial charge is 0.220 e. The van der Waals surface area contributed by atoms with E-state index in [9.17, 15) is 4.79 Å². The van der Waals surface area contributed by atoms with Gasteiger partial charge < -0.3 is 15.5 Å². The quantitative estimate of drug-likeness (QED) is 0.763. The van der Waals surface area contributed by atoms with Crippen LogP contribution in [0.25, 0.3) is 0 Å². The second kappa shape index (κ2) is 6.33. The molecule has 0 saturated carbocycles. The summed E-state index contributed by atoms with van der Waals surface area (Å²) < 4.78 is 5.40. The molecule has 90 valence electrons. The summed E-state index contributed by atoms with van der Waals surface area (Å²) in [5, 5.41) is 2.85. The van der Waals surface area contributed by atoms with E-state index in [0.29, 0.717) is 19.5 Å². The van der Waals surface area contributed by atoms with Gasteiger partial charge in [-0.2, -0.15) is 0 Å². The number of nitrogens with two attached hydrogens (primary N) is 1. The fourth-order valence-corrected chi connectivity index (χ4v) is 1.42. The van der Waals surface area contributed by atoms with E-state index in [2.05, 4.69) is 5.32 Å². The van der Waals surface area contributed by atoms with E-state index in [-0.39, 0.29) is 11.8 Å². The Kier molecular flexibility index (Phi) is 5.05. The third-order valence-electron chi connectivity index (χ3n) is 2.43. The molecule has 1 heterocycles. The lowest BCUT2D eigenvalue weighted by atomic mass is 10.1. The molecule has 3 N–H and O–H groups in total. The molecule has 4 nitrogen and oxygen atoms in total. The highest BCUT2D eigenvalue weighted by Crippen LogP contribution is 2.06. The zero-order valence-electron chi connectivity index (χ0n) is 9.95. The van der Waals surface area contributed by atoms with Gasteiger partial charge >= 0.3 is 0 Å². The van der Waals surface area contributed by atoms with Crippen LogP contribution in [0.5, 0.6) is 0 Å². The van der Waals surface area contributed by atoms with Crippen LogP contribution in [0, 0.1) is 12.8 Å². The summed E-state index contributed by atoms with van der Waals surface area (Å²) in [6, 6.07) is 3.86. The van der Waals surface area contributed by atoms with Crippen molar-refractivity contribution in [2.24, 2.45) is 11.7 Å². The molecule has 1 rings (SSSR count). The average Bonchev–Trinajstić information content (AvgIpc) is 2.64. The molecule has 1 atom stereocenters. The zero-order valence-corrected chi connectivity index (χ0v) is 9.95. The average molecular weight is 224 g/mol. The Morgan fingerprint density at radius 1 is 1.56 bits per heavy atom. The molecule has 0 aliphatic carbocycles. The third kappa shape index (κ3) is 4.49. The van der Waals surface area contributed by atoms with E-state index in [1.807, 2.05) is 26.0 Å². The van der Waals surface area contributed by atoms with Crippen LogP contribution < -0.4 is 11.1 Å². The topological polar surface area (TPSA) is 68.3 Å². The summed E-state index contributed by atoms with van der Waals surface area (Å²) in [7, 11) is 0. The minimum atomic E-state index is 0.0567. The monoisotopic (exact) mass is 224 g/mol. The number of aryl methyl sites for hydroxylation is 1. The summed E-state index contributed by atoms with van der Waals surface area (Å²) >= 11 is 0. The van der Waals surface area contributed by atoms with E-state index >= 15 is 0 Å². The van der Waals surface area contributed by atoms with E-state index in [1.165, 1.54) is 0 Å². The molecule has 0 fully saturated rings. The number of furan rings is 1. The van der Waals surface area contributed by atoms with Crippen LogP contribution in [0.15, 0.2) is 16.5 Å². The van der Waals surface area contributed by atoms with Crippen molar-refractivity contribution >= 4 is 5.91 Å². The highest BCUT2D eigenvalue weighted by Gasteiger charge is 2.07. The maximum absolute atomic E-state index is 11.4. The summed E-state index contributed by atoms with van der Waals surface area (Å²) in [5.74, 6) is 2.11. The van der Waals surface area contributed by atoms with E-state index in [0.717, 1.165) is 17.9 Å². The Labute approximate surface area is 96.2 Å². The van der Waals surface area contributed by atoms with Gasteiger partial charge in [0.25, 0.3) is 0 Å². The minimum absolute atomic E-state index is 0.0567. The van der Waals surface area contributed by atoms with Crippen molar-refractivity contribution < 1.29 is 9.21 Å². The Morgan fingerprint density at radius 3 is 2.88 bits per heavy atom. The van der Waals surface area contributed by atoms with Gasteiger partial charge in [-0.05, 0) is 31.5 Å². The molecule has 1 amide bonds. The maximum atomic E-state index is 11.4. The SMILES string of the molecule is Cc1ccc(CCNC(=O)CC(C)CN)o1. The number of rotatable bonds is 6. The highest BCUT2D eigenvalue weighted by atomic mass is 16.3. The van der Waals surface area contributed by atoms with Crippen LogP contribution in [0.1, 0.15) is 24.9 Å². The molecule has 1 aromatic rings. The van der Waals surface area contributed by atoms with Crippen LogP contribution in [-0.2, 0) is 11.2 Å². The summed E-state index contributed by atoms with van der Waals surface area (Å²) in [5.41, 5.74) is 5.45. The molecule has 0 aliphatic heterocycles. The Morgan fingerprint density at radius 2 is 2.31 bits per heavy atom. The number of hydrogen-bond acceptors (Lipinski definition) is 3. The van der Waals surface area contributed by atoms with Crippen molar-refractivity contribution in [2.75, 3.05) is 13.1 Å². The minimum Gasteiger partial charge on any atom is -0.466 e. The zero-order chi connectivity index (χ0) is 12.0. The molecule has 0 aliphatic rings. The predicted octanol–water partition coefficient (Wildman–Crippen LogP) is 1.23. The molecule has 0 spiro atoms. The van der Waals surface area contributed by atoms with Gasteiger partial charge in [-0.15, -0.1) is 0 Å². The van der Waals surface area contributed by atoms with Gasteiger partial charge in [0.05, 0.1) is 0 Å². The van der Waals surface area contributed by atoms with Crippen molar-refractivity contribution in [3.63, 3.8) is 0 Å². The molecular weight excluding hydrogens is 204 g/mol. The van der Waals surface area contributed by atoms with Crippen molar-refractivity contribution in [3.05, 3.63) is 23.7 Å². The van der Waals surface area contributed by atoms with Crippen molar-refractivity contribution in [3.8, 4) is 0 Å². The lowest BCUT2D eigenvalue weighted by Crippen LogP contribution is -2.28. The highest BCUT2D eigenvalue weighted by molar-refractivity contribution is 5.76. The first kappa shape index (κ1) is 12.8. The first-order valence-electron chi connectivity index (χ1n) is 5.64. The standard InChI is InChI=1S/C12H20N2O2/c1-9(8-13)7-12(15)14-6-5-11-4-3-10(2)16-11/h3-4,9H,5-8,13H2,1-2H3,(H,14,15). The van der Waals surface area contributed by atoms with Gasteiger partial charge in [0.1, 0.15) is 11.5 Å². The van der Waals surface area contributed by atoms with Crippen molar-refractivity contribution in [2.45, 2.75) is 26.7 Å². The second-order valence-electron chi connectivity index (χ2n) is 4.16. The van der Waals surface area contributed by atoms with Crippen molar-refractivity contribution in [1.29, 1.82) is 0 Å². The number of nitrogens with one attached hydrogen (secondary N) is 1. The first-order chi connectivity index (χ1) is 7.61. The van der Waals surface area contributed by atoms with Gasteiger partial charge in [0.2, 0.25) is 5.91 Å². The van der Waals surface area contributed by atoms with Crippen molar-refractivity contribution in [1.82, 2.24) is 5.32 Å². The predicted molar refractivity (Wildman–Crippen MR) is 63.0 cm³/mol. The van der Waals surface area contributed by atoms with E-state index in [1.54, 1.807) is 0 Å². The molecule has 0 aromatic carbocycles. The molecule has 1 aromatic heterocycles. The maximum Gasteiger partial charge on any atom is 0.220 e. The molecule has 16 heavy (non-hydrogen) atoms. The lowest BCUT2D eigenvalue weighted by Gasteiger charge is -2.08. The fourth-order valence-electron chi connectivity index (χ4n) is 1.42. The molecule has 4 heteroatoms. The number of amides is 1. The van der Waals surface area contributed by atoms with Crippen LogP contribution in [0.4, 0.5) is 0 Å². The number of hydrogen-bond donors (Lipinski definition) is 2. The van der Waals surface area contributed by atoms with Gasteiger partial charge in [0.15, 0.2) is 0 Å². The molecule has 1 unspecified atom stereocenters. The van der Waals surface area contributed by atoms with Crippen LogP contribution in [0.2, 0.25) is 0 Å². The van der Waals surface area contributed by atoms with Gasteiger partial charge in [-0.1, -0.05) is 6.92 Å². The van der Waals surface area contributed by atoms with Crippen LogP contribution >= 0.6 is 0 Å². The van der Waals surface area contributed by atoms with Crippen LogP contribution in [0.3, 0.4) is 0 Å². The largest absolute Gasteiger partial charge is 0.466 e. The Hall–Kier alpha value is -1.29. The molecule has 0 radical (unpaired) electrons. The first-order valence-corrected chi connectivity index (χ1v) is 5.64. The molecule has 0 bridgehead atoms. The summed E-state index contributed by atoms with van der Waals surface area (Å²) in [4.78, 5) is 11.4. The second-order valence-corrected chi connectivity index (χ2v) is 4.16. The summed E-state index contributed by atoms with van der Waals surface area (Å²) in [6.45, 7) is 5.04. The van der Waals surface area contributed by atoms with Crippen LogP contribution in [-0.4, -0.2) is 19.0 Å². The third-order valence-corrected chi connectivity index (χ3v) is 2.43. The number of carbonyl (C=O) groups is 1. The number of carbonyl (C=O) groups excluding carboxylic acids is 1. The summed E-state index contributed by atoms with van der Waals surface area (Å²) in [6.07, 6.45) is 1.23. The Balaban J connectivity index is 2.18. The fraction of sp³-hybridized carbons (Fsp3) is 0.583. The van der Waals surface area contributed by atoms with Gasteiger partial charge in [-0.3, -0.25) is 4.79 Å². The molecule has 0 saturated heterocycles. The van der Waals surface area contributed by atoms with Gasteiger partial charge in [-0.25, -0.2) is 0 Å². The lowest BCUT2D eigenvalue weighted by molar-refractivity contribution is -0.121. The van der Waals surface area contributed by atoms with E-state index in [4.69, 9.17) is 10.2 Å². The normalized spacial score (nSPS) is 12.4.